The maximum Gasteiger partial charge on any atom is 0.251 e. The van der Waals surface area contributed by atoms with Gasteiger partial charge in [0.05, 0.1) is 37.1 Å². The number of aliphatic imine (C=N–C) groups is 2. The molecule has 1 aromatic carbocycles. The van der Waals surface area contributed by atoms with E-state index in [9.17, 15) is 4.79 Å². The second-order valence-corrected chi connectivity index (χ2v) is 7.79. The van der Waals surface area contributed by atoms with E-state index in [2.05, 4.69) is 59.5 Å². The van der Waals surface area contributed by atoms with E-state index in [0.717, 1.165) is 37.3 Å². The number of anilines is 1. The molecule has 0 saturated carbocycles. The average Bonchev–Trinajstić information content (AvgIpc) is 3.28. The minimum absolute atomic E-state index is 0.0686. The number of hydrogen-bond acceptors (Lipinski definition) is 9. The first kappa shape index (κ1) is 23.5. The number of nitrogens with zero attached hydrogens (tertiary/aromatic N) is 7. The number of nitrogens with one attached hydrogen (secondary N) is 1. The van der Waals surface area contributed by atoms with Gasteiger partial charge in [0.1, 0.15) is 0 Å². The van der Waals surface area contributed by atoms with E-state index >= 15 is 0 Å². The number of amides is 1. The molecule has 0 spiro atoms. The number of fused-ring (bicyclic) bond motifs is 1. The highest BCUT2D eigenvalue weighted by atomic mass is 16.5. The summed E-state index contributed by atoms with van der Waals surface area (Å²) in [5.74, 6) is 0.218. The minimum Gasteiger partial charge on any atom is -0.378 e. The molecule has 1 amide bonds. The summed E-state index contributed by atoms with van der Waals surface area (Å²) in [6.45, 7) is 4.39. The van der Waals surface area contributed by atoms with Crippen LogP contribution in [0.15, 0.2) is 46.6 Å². The van der Waals surface area contributed by atoms with Crippen LogP contribution in [0.25, 0.3) is 11.0 Å². The SMILES string of the molecule is CNC(=O)CCN=CC(CN)=Nc1ncc2cnn(Cc3cccc(N4CCOCC4)c3)c2n1. The topological polar surface area (TPSA) is 136 Å². The summed E-state index contributed by atoms with van der Waals surface area (Å²) < 4.78 is 7.30. The van der Waals surface area contributed by atoms with Gasteiger partial charge in [-0.25, -0.2) is 14.7 Å². The number of carbonyl (C=O) groups excluding carboxylic acids is 1. The highest BCUT2D eigenvalue weighted by Gasteiger charge is 2.12. The minimum atomic E-state index is -0.0686. The van der Waals surface area contributed by atoms with Gasteiger partial charge in [-0.3, -0.25) is 9.79 Å². The number of ether oxygens (including phenoxy) is 1. The summed E-state index contributed by atoms with van der Waals surface area (Å²) in [6, 6.07) is 8.45. The first-order chi connectivity index (χ1) is 16.7. The molecule has 178 valence electrons. The van der Waals surface area contributed by atoms with Crippen LogP contribution in [0.3, 0.4) is 0 Å². The first-order valence-electron chi connectivity index (χ1n) is 11.2. The number of aromatic nitrogens is 4. The van der Waals surface area contributed by atoms with E-state index in [0.29, 0.717) is 30.9 Å². The number of rotatable bonds is 9. The summed E-state index contributed by atoms with van der Waals surface area (Å²) >= 11 is 0. The second kappa shape index (κ2) is 11.4. The third-order valence-electron chi connectivity index (χ3n) is 5.42. The van der Waals surface area contributed by atoms with Crippen LogP contribution >= 0.6 is 0 Å². The Labute approximate surface area is 197 Å². The fourth-order valence-electron chi connectivity index (χ4n) is 3.59. The lowest BCUT2D eigenvalue weighted by Gasteiger charge is -2.29. The summed E-state index contributed by atoms with van der Waals surface area (Å²) in [7, 11) is 1.60. The van der Waals surface area contributed by atoms with Gasteiger partial charge >= 0.3 is 0 Å². The molecule has 0 unspecified atom stereocenters. The van der Waals surface area contributed by atoms with Gasteiger partial charge in [-0.2, -0.15) is 10.1 Å². The fraction of sp³-hybridized carbons (Fsp3) is 0.391. The van der Waals surface area contributed by atoms with Crippen LogP contribution in [-0.4, -0.2) is 84.0 Å². The van der Waals surface area contributed by atoms with Gasteiger partial charge in [-0.05, 0) is 17.7 Å². The van der Waals surface area contributed by atoms with E-state index in [-0.39, 0.29) is 18.4 Å². The largest absolute Gasteiger partial charge is 0.378 e. The van der Waals surface area contributed by atoms with Gasteiger partial charge in [0.25, 0.3) is 5.95 Å². The number of benzene rings is 1. The van der Waals surface area contributed by atoms with Crippen molar-refractivity contribution in [1.82, 2.24) is 25.1 Å². The molecule has 2 aromatic heterocycles. The molecule has 0 bridgehead atoms. The molecular weight excluding hydrogens is 434 g/mol. The highest BCUT2D eigenvalue weighted by Crippen LogP contribution is 2.20. The quantitative estimate of drug-likeness (QED) is 0.451. The first-order valence-corrected chi connectivity index (χ1v) is 11.2. The normalized spacial score (nSPS) is 14.8. The lowest BCUT2D eigenvalue weighted by molar-refractivity contribution is -0.120. The Bertz CT molecular complexity index is 1180. The predicted octanol–water partition coefficient (Wildman–Crippen LogP) is 0.949. The lowest BCUT2D eigenvalue weighted by atomic mass is 10.2. The van der Waals surface area contributed by atoms with Crippen molar-refractivity contribution in [3.8, 4) is 0 Å². The van der Waals surface area contributed by atoms with Gasteiger partial charge in [0, 0.05) is 57.7 Å². The van der Waals surface area contributed by atoms with Gasteiger partial charge in [0.15, 0.2) is 5.65 Å². The molecule has 3 N–H and O–H groups in total. The van der Waals surface area contributed by atoms with Crippen LogP contribution in [0, 0.1) is 0 Å². The molecule has 0 aliphatic carbocycles. The summed E-state index contributed by atoms with van der Waals surface area (Å²) in [4.78, 5) is 31.2. The third kappa shape index (κ3) is 6.00. The van der Waals surface area contributed by atoms with E-state index in [1.165, 1.54) is 5.69 Å². The van der Waals surface area contributed by atoms with E-state index in [1.807, 2.05) is 4.68 Å². The summed E-state index contributed by atoms with van der Waals surface area (Å²) in [5, 5.41) is 7.89. The van der Waals surface area contributed by atoms with Crippen molar-refractivity contribution in [3.63, 3.8) is 0 Å². The maximum atomic E-state index is 11.3. The van der Waals surface area contributed by atoms with Gasteiger partial charge < -0.3 is 20.7 Å². The number of hydrogen-bond donors (Lipinski definition) is 2. The molecule has 3 aromatic rings. The number of nitrogens with two attached hydrogens (primary N) is 1. The van der Waals surface area contributed by atoms with Crippen LogP contribution in [0.2, 0.25) is 0 Å². The smallest absolute Gasteiger partial charge is 0.251 e. The van der Waals surface area contributed by atoms with E-state index < -0.39 is 0 Å². The Kier molecular flexibility index (Phi) is 7.89. The molecule has 3 heterocycles. The Hall–Kier alpha value is -3.70. The van der Waals surface area contributed by atoms with E-state index in [1.54, 1.807) is 25.7 Å². The van der Waals surface area contributed by atoms with Crippen LogP contribution in [0.4, 0.5) is 11.6 Å². The molecule has 11 nitrogen and oxygen atoms in total. The van der Waals surface area contributed by atoms with Crippen molar-refractivity contribution in [1.29, 1.82) is 0 Å². The monoisotopic (exact) mass is 463 g/mol. The van der Waals surface area contributed by atoms with E-state index in [4.69, 9.17) is 10.5 Å². The molecule has 11 heteroatoms. The van der Waals surface area contributed by atoms with Crippen molar-refractivity contribution in [3.05, 3.63) is 42.2 Å². The molecule has 34 heavy (non-hydrogen) atoms. The fourth-order valence-corrected chi connectivity index (χ4v) is 3.59. The van der Waals surface area contributed by atoms with Crippen molar-refractivity contribution in [2.24, 2.45) is 15.7 Å². The Morgan fingerprint density at radius 2 is 2.15 bits per heavy atom. The molecule has 0 atom stereocenters. The van der Waals surface area contributed by atoms with Crippen molar-refractivity contribution in [2.45, 2.75) is 13.0 Å². The van der Waals surface area contributed by atoms with Gasteiger partial charge in [-0.15, -0.1) is 0 Å². The Balaban J connectivity index is 1.50. The Morgan fingerprint density at radius 1 is 1.29 bits per heavy atom. The van der Waals surface area contributed by atoms with Crippen molar-refractivity contribution >= 4 is 40.5 Å². The summed E-state index contributed by atoms with van der Waals surface area (Å²) in [6.07, 6.45) is 5.31. The summed E-state index contributed by atoms with van der Waals surface area (Å²) in [5.41, 5.74) is 9.33. The van der Waals surface area contributed by atoms with Crippen LogP contribution in [-0.2, 0) is 16.1 Å². The average molecular weight is 464 g/mol. The van der Waals surface area contributed by atoms with Crippen molar-refractivity contribution in [2.75, 3.05) is 51.3 Å². The number of morpholine rings is 1. The third-order valence-corrected chi connectivity index (χ3v) is 5.42. The Morgan fingerprint density at radius 3 is 2.94 bits per heavy atom. The van der Waals surface area contributed by atoms with Gasteiger partial charge in [-0.1, -0.05) is 12.1 Å². The number of carbonyl (C=O) groups is 1. The molecule has 4 rings (SSSR count). The molecule has 1 fully saturated rings. The predicted molar refractivity (Wildman–Crippen MR) is 132 cm³/mol. The lowest BCUT2D eigenvalue weighted by Crippen LogP contribution is -2.36. The second-order valence-electron chi connectivity index (χ2n) is 7.79. The van der Waals surface area contributed by atoms with Gasteiger partial charge in [0.2, 0.25) is 5.91 Å². The molecule has 1 aliphatic heterocycles. The molecule has 1 aliphatic rings. The zero-order chi connectivity index (χ0) is 23.8. The molecule has 0 radical (unpaired) electrons. The maximum absolute atomic E-state index is 11.3. The molecular formula is C23H29N9O2. The zero-order valence-corrected chi connectivity index (χ0v) is 19.2. The zero-order valence-electron chi connectivity index (χ0n) is 19.2. The standard InChI is InChI=1S/C23H29N9O2/c1-25-21(33)5-6-26-15-19(12-24)29-23-27-13-18-14-28-32(22(18)30-23)16-17-3-2-4-20(11-17)31-7-9-34-10-8-31/h2-4,11,13-15H,5-10,12,16,24H2,1H3,(H,25,33). The van der Waals surface area contributed by atoms with Crippen LogP contribution in [0.1, 0.15) is 12.0 Å². The van der Waals surface area contributed by atoms with Crippen LogP contribution in [0.5, 0.6) is 0 Å². The molecule has 1 saturated heterocycles. The highest BCUT2D eigenvalue weighted by molar-refractivity contribution is 6.32. The van der Waals surface area contributed by atoms with Crippen molar-refractivity contribution < 1.29 is 9.53 Å². The van der Waals surface area contributed by atoms with Crippen LogP contribution < -0.4 is 16.0 Å².